The summed E-state index contributed by atoms with van der Waals surface area (Å²) in [6, 6.07) is 12.5. The molecular formula is C18H20Cl2N2O2. The first-order valence-electron chi connectivity index (χ1n) is 7.50. The Hall–Kier alpha value is -1.75. The fraction of sp³-hybridized carbons (Fsp3) is 0.278. The molecule has 0 saturated heterocycles. The molecule has 128 valence electrons. The van der Waals surface area contributed by atoms with Crippen LogP contribution in [-0.4, -0.2) is 31.0 Å². The highest BCUT2D eigenvalue weighted by atomic mass is 35.5. The minimum atomic E-state index is -0.329. The van der Waals surface area contributed by atoms with Crippen molar-refractivity contribution in [1.82, 2.24) is 4.90 Å². The van der Waals surface area contributed by atoms with Gasteiger partial charge in [0.1, 0.15) is 5.75 Å². The van der Waals surface area contributed by atoms with Gasteiger partial charge in [0.25, 0.3) is 0 Å². The van der Waals surface area contributed by atoms with E-state index < -0.39 is 0 Å². The van der Waals surface area contributed by atoms with Gasteiger partial charge in [-0.05, 0) is 43.8 Å². The molecule has 24 heavy (non-hydrogen) atoms. The maximum atomic E-state index is 12.5. The van der Waals surface area contributed by atoms with Gasteiger partial charge in [-0.1, -0.05) is 41.4 Å². The van der Waals surface area contributed by atoms with Crippen molar-refractivity contribution in [2.75, 3.05) is 19.5 Å². The molecule has 1 atom stereocenters. The van der Waals surface area contributed by atoms with Crippen LogP contribution in [0.25, 0.3) is 0 Å². The van der Waals surface area contributed by atoms with Crippen LogP contribution in [0.15, 0.2) is 42.5 Å². The van der Waals surface area contributed by atoms with E-state index in [1.165, 1.54) is 0 Å². The van der Waals surface area contributed by atoms with E-state index in [0.717, 1.165) is 5.56 Å². The number of para-hydroxylation sites is 2. The van der Waals surface area contributed by atoms with Crippen LogP contribution in [-0.2, 0) is 11.3 Å². The summed E-state index contributed by atoms with van der Waals surface area (Å²) in [4.78, 5) is 14.4. The summed E-state index contributed by atoms with van der Waals surface area (Å²) in [6.45, 7) is 2.43. The van der Waals surface area contributed by atoms with Crippen LogP contribution in [0.3, 0.4) is 0 Å². The molecule has 1 amide bonds. The quantitative estimate of drug-likeness (QED) is 0.820. The first-order valence-corrected chi connectivity index (χ1v) is 8.26. The van der Waals surface area contributed by atoms with Crippen molar-refractivity contribution < 1.29 is 9.53 Å². The predicted octanol–water partition coefficient (Wildman–Crippen LogP) is 4.46. The number of methoxy groups -OCH3 is 1. The van der Waals surface area contributed by atoms with Crippen LogP contribution >= 0.6 is 23.2 Å². The number of hydrogen-bond acceptors (Lipinski definition) is 3. The lowest BCUT2D eigenvalue weighted by Crippen LogP contribution is -2.39. The lowest BCUT2D eigenvalue weighted by molar-refractivity contribution is -0.120. The van der Waals surface area contributed by atoms with Crippen molar-refractivity contribution in [3.63, 3.8) is 0 Å². The standard InChI is InChI=1S/C18H20Cl2N2O2/c1-12(18(23)21-16-6-4-5-7-17(16)24-3)22(2)11-13-8-9-14(19)15(20)10-13/h4-10,12H,11H2,1-3H3,(H,21,23)/t12-/m1/s1. The first-order chi connectivity index (χ1) is 11.4. The Bertz CT molecular complexity index is 722. The molecule has 0 heterocycles. The second-order valence-corrected chi connectivity index (χ2v) is 6.34. The lowest BCUT2D eigenvalue weighted by atomic mass is 10.2. The number of amides is 1. The number of nitrogens with zero attached hydrogens (tertiary/aromatic N) is 1. The molecule has 2 rings (SSSR count). The Labute approximate surface area is 152 Å². The maximum absolute atomic E-state index is 12.5. The molecule has 2 aromatic rings. The number of likely N-dealkylation sites (N-methyl/N-ethyl adjacent to an activating group) is 1. The van der Waals surface area contributed by atoms with E-state index in [2.05, 4.69) is 5.32 Å². The van der Waals surface area contributed by atoms with Crippen molar-refractivity contribution in [3.8, 4) is 5.75 Å². The van der Waals surface area contributed by atoms with E-state index in [4.69, 9.17) is 27.9 Å². The van der Waals surface area contributed by atoms with Crippen LogP contribution < -0.4 is 10.1 Å². The molecule has 0 spiro atoms. The Morgan fingerprint density at radius 2 is 1.92 bits per heavy atom. The largest absolute Gasteiger partial charge is 0.495 e. The molecule has 0 bridgehead atoms. The highest BCUT2D eigenvalue weighted by Gasteiger charge is 2.19. The molecule has 0 aliphatic rings. The van der Waals surface area contributed by atoms with Crippen LogP contribution in [0.5, 0.6) is 5.75 Å². The highest BCUT2D eigenvalue weighted by Crippen LogP contribution is 2.25. The second-order valence-electron chi connectivity index (χ2n) is 5.53. The monoisotopic (exact) mass is 366 g/mol. The minimum Gasteiger partial charge on any atom is -0.495 e. The van der Waals surface area contributed by atoms with Crippen molar-refractivity contribution in [2.45, 2.75) is 19.5 Å². The van der Waals surface area contributed by atoms with Gasteiger partial charge in [0.15, 0.2) is 0 Å². The van der Waals surface area contributed by atoms with Gasteiger partial charge in [0, 0.05) is 6.54 Å². The number of ether oxygens (including phenoxy) is 1. The molecule has 0 fully saturated rings. The van der Waals surface area contributed by atoms with Crippen molar-refractivity contribution in [1.29, 1.82) is 0 Å². The molecule has 0 aliphatic carbocycles. The van der Waals surface area contributed by atoms with E-state index in [1.807, 2.05) is 49.2 Å². The molecule has 0 unspecified atom stereocenters. The minimum absolute atomic E-state index is 0.109. The molecule has 1 N–H and O–H groups in total. The summed E-state index contributed by atoms with van der Waals surface area (Å²) in [6.07, 6.45) is 0. The van der Waals surface area contributed by atoms with Crippen LogP contribution in [0.1, 0.15) is 12.5 Å². The van der Waals surface area contributed by atoms with Crippen molar-refractivity contribution >= 4 is 34.8 Å². The van der Waals surface area contributed by atoms with Gasteiger partial charge >= 0.3 is 0 Å². The van der Waals surface area contributed by atoms with Gasteiger partial charge in [-0.15, -0.1) is 0 Å². The number of anilines is 1. The molecule has 4 nitrogen and oxygen atoms in total. The number of benzene rings is 2. The smallest absolute Gasteiger partial charge is 0.241 e. The van der Waals surface area contributed by atoms with Crippen LogP contribution in [0.2, 0.25) is 10.0 Å². The Morgan fingerprint density at radius 1 is 1.21 bits per heavy atom. The summed E-state index contributed by atoms with van der Waals surface area (Å²) in [5, 5.41) is 3.92. The third kappa shape index (κ3) is 4.63. The topological polar surface area (TPSA) is 41.6 Å². The SMILES string of the molecule is COc1ccccc1NC(=O)[C@@H](C)N(C)Cc1ccc(Cl)c(Cl)c1. The van der Waals surface area contributed by atoms with Crippen molar-refractivity contribution in [2.24, 2.45) is 0 Å². The summed E-state index contributed by atoms with van der Waals surface area (Å²) in [7, 11) is 3.46. The molecule has 6 heteroatoms. The highest BCUT2D eigenvalue weighted by molar-refractivity contribution is 6.42. The van der Waals surface area contributed by atoms with Gasteiger partial charge in [0.2, 0.25) is 5.91 Å². The second kappa shape index (κ2) is 8.38. The Kier molecular flexibility index (Phi) is 6.49. The lowest BCUT2D eigenvalue weighted by Gasteiger charge is -2.24. The van der Waals surface area contributed by atoms with Crippen molar-refractivity contribution in [3.05, 3.63) is 58.1 Å². The normalized spacial score (nSPS) is 12.1. The average molecular weight is 367 g/mol. The fourth-order valence-corrected chi connectivity index (χ4v) is 2.57. The predicted molar refractivity (Wildman–Crippen MR) is 99.0 cm³/mol. The van der Waals surface area contributed by atoms with Crippen LogP contribution in [0, 0.1) is 0 Å². The Balaban J connectivity index is 2.02. The number of rotatable bonds is 6. The van der Waals surface area contributed by atoms with E-state index in [1.54, 1.807) is 19.2 Å². The average Bonchev–Trinajstić information content (AvgIpc) is 2.57. The van der Waals surface area contributed by atoms with Gasteiger partial charge < -0.3 is 10.1 Å². The van der Waals surface area contributed by atoms with E-state index in [9.17, 15) is 4.79 Å². The first kappa shape index (κ1) is 18.6. The van der Waals surface area contributed by atoms with Crippen LogP contribution in [0.4, 0.5) is 5.69 Å². The number of carbonyl (C=O) groups is 1. The zero-order valence-corrected chi connectivity index (χ0v) is 15.4. The van der Waals surface area contributed by atoms with Gasteiger partial charge in [-0.25, -0.2) is 0 Å². The van der Waals surface area contributed by atoms with E-state index in [0.29, 0.717) is 28.0 Å². The number of carbonyl (C=O) groups excluding carboxylic acids is 1. The summed E-state index contributed by atoms with van der Waals surface area (Å²) >= 11 is 12.0. The van der Waals surface area contributed by atoms with E-state index >= 15 is 0 Å². The van der Waals surface area contributed by atoms with Gasteiger partial charge in [-0.3, -0.25) is 9.69 Å². The Morgan fingerprint density at radius 3 is 2.58 bits per heavy atom. The number of halogens is 2. The molecular weight excluding hydrogens is 347 g/mol. The molecule has 0 radical (unpaired) electrons. The molecule has 0 aromatic heterocycles. The van der Waals surface area contributed by atoms with Gasteiger partial charge in [-0.2, -0.15) is 0 Å². The van der Waals surface area contributed by atoms with Gasteiger partial charge in [0.05, 0.1) is 28.9 Å². The van der Waals surface area contributed by atoms with E-state index in [-0.39, 0.29) is 11.9 Å². The number of hydrogen-bond donors (Lipinski definition) is 1. The summed E-state index contributed by atoms with van der Waals surface area (Å²) in [5.41, 5.74) is 1.64. The number of nitrogens with one attached hydrogen (secondary N) is 1. The summed E-state index contributed by atoms with van der Waals surface area (Å²) in [5.74, 6) is 0.521. The zero-order chi connectivity index (χ0) is 17.7. The molecule has 2 aromatic carbocycles. The molecule has 0 saturated carbocycles. The fourth-order valence-electron chi connectivity index (χ4n) is 2.25. The zero-order valence-electron chi connectivity index (χ0n) is 13.8. The summed E-state index contributed by atoms with van der Waals surface area (Å²) < 4.78 is 5.25. The molecule has 0 aliphatic heterocycles. The third-order valence-corrected chi connectivity index (χ3v) is 4.56. The maximum Gasteiger partial charge on any atom is 0.241 e. The third-order valence-electron chi connectivity index (χ3n) is 3.82.